The van der Waals surface area contributed by atoms with Crippen molar-refractivity contribution in [2.75, 3.05) is 16.3 Å². The molecule has 0 radical (unpaired) electrons. The van der Waals surface area contributed by atoms with Gasteiger partial charge in [0.15, 0.2) is 0 Å². The zero-order chi connectivity index (χ0) is 17.5. The molecule has 6 heteroatoms. The van der Waals surface area contributed by atoms with E-state index in [4.69, 9.17) is 17.5 Å². The molecule has 0 unspecified atom stereocenters. The van der Waals surface area contributed by atoms with Gasteiger partial charge in [0.25, 0.3) is 0 Å². The Morgan fingerprint density at radius 2 is 0.583 bits per heavy atom. The van der Waals surface area contributed by atoms with E-state index >= 15 is 0 Å². The van der Waals surface area contributed by atoms with Crippen molar-refractivity contribution < 1.29 is 0 Å². The molecular weight excluding hydrogens is 300 g/mol. The van der Waals surface area contributed by atoms with Crippen molar-refractivity contribution in [1.29, 1.82) is 0 Å². The molecule has 0 saturated carbocycles. The molecule has 0 fully saturated rings. The molecular formula is C18H24N6. The first-order valence-corrected chi connectivity index (χ1v) is 7.35. The lowest BCUT2D eigenvalue weighted by Crippen LogP contribution is -2.05. The third-order valence-corrected chi connectivity index (χ3v) is 2.82. The number of hydrazine groups is 3. The second-order valence-corrected chi connectivity index (χ2v) is 4.53. The van der Waals surface area contributed by atoms with E-state index in [1.165, 1.54) is 0 Å². The van der Waals surface area contributed by atoms with E-state index in [2.05, 4.69) is 16.3 Å². The van der Waals surface area contributed by atoms with Crippen molar-refractivity contribution in [1.82, 2.24) is 0 Å². The van der Waals surface area contributed by atoms with Gasteiger partial charge in [0.05, 0.1) is 0 Å². The van der Waals surface area contributed by atoms with Gasteiger partial charge in [-0.1, -0.05) is 54.6 Å². The minimum Gasteiger partial charge on any atom is -0.324 e. The predicted molar refractivity (Wildman–Crippen MR) is 103 cm³/mol. The van der Waals surface area contributed by atoms with Crippen LogP contribution in [0.15, 0.2) is 91.0 Å². The quantitative estimate of drug-likeness (QED) is 0.326. The third-order valence-electron chi connectivity index (χ3n) is 2.82. The van der Waals surface area contributed by atoms with Crippen LogP contribution in [0.5, 0.6) is 0 Å². The standard InChI is InChI=1S/3C6H8N2/c3*7-8-6-4-2-1-3-5-6/h3*1-5,8H,7H2. The summed E-state index contributed by atoms with van der Waals surface area (Å²) < 4.78 is 0. The molecule has 3 aromatic carbocycles. The fourth-order valence-corrected chi connectivity index (χ4v) is 1.60. The van der Waals surface area contributed by atoms with Gasteiger partial charge in [0, 0.05) is 17.1 Å². The molecule has 0 atom stereocenters. The molecule has 0 aliphatic heterocycles. The fourth-order valence-electron chi connectivity index (χ4n) is 1.60. The van der Waals surface area contributed by atoms with Crippen LogP contribution in [0.4, 0.5) is 17.1 Å². The minimum absolute atomic E-state index is 0.938. The van der Waals surface area contributed by atoms with E-state index in [1.54, 1.807) is 0 Å². The van der Waals surface area contributed by atoms with Gasteiger partial charge in [0.1, 0.15) is 0 Å². The summed E-state index contributed by atoms with van der Waals surface area (Å²) in [6, 6.07) is 28.8. The zero-order valence-corrected chi connectivity index (χ0v) is 13.4. The van der Waals surface area contributed by atoms with Crippen molar-refractivity contribution in [2.45, 2.75) is 0 Å². The number of nitrogens with two attached hydrogens (primary N) is 3. The van der Waals surface area contributed by atoms with Gasteiger partial charge in [-0.2, -0.15) is 0 Å². The highest BCUT2D eigenvalue weighted by Crippen LogP contribution is 2.01. The van der Waals surface area contributed by atoms with Crippen molar-refractivity contribution in [3.05, 3.63) is 91.0 Å². The molecule has 6 nitrogen and oxygen atoms in total. The number of benzene rings is 3. The van der Waals surface area contributed by atoms with Crippen LogP contribution < -0.4 is 33.8 Å². The largest absolute Gasteiger partial charge is 0.324 e. The molecule has 3 rings (SSSR count). The Morgan fingerprint density at radius 3 is 0.708 bits per heavy atom. The van der Waals surface area contributed by atoms with Crippen LogP contribution in [0.2, 0.25) is 0 Å². The summed E-state index contributed by atoms with van der Waals surface area (Å²) in [4.78, 5) is 0. The van der Waals surface area contributed by atoms with Gasteiger partial charge in [-0.25, -0.2) is 0 Å². The highest BCUT2D eigenvalue weighted by Gasteiger charge is 1.79. The second-order valence-electron chi connectivity index (χ2n) is 4.53. The number of nitrogens with one attached hydrogen (secondary N) is 3. The number of rotatable bonds is 3. The SMILES string of the molecule is NNc1ccccc1.NNc1ccccc1.NNc1ccccc1. The molecule has 3 aromatic rings. The first kappa shape index (κ1) is 19.0. The fraction of sp³-hybridized carbons (Fsp3) is 0. The molecule has 0 spiro atoms. The predicted octanol–water partition coefficient (Wildman–Crippen LogP) is 2.92. The molecule has 0 aliphatic carbocycles. The number of para-hydroxylation sites is 3. The molecule has 0 aliphatic rings. The monoisotopic (exact) mass is 324 g/mol. The first-order valence-electron chi connectivity index (χ1n) is 7.35. The maximum absolute atomic E-state index is 5.10. The van der Waals surface area contributed by atoms with Crippen molar-refractivity contribution in [2.24, 2.45) is 17.5 Å². The number of hydrogen-bond donors (Lipinski definition) is 6. The Kier molecular flexibility index (Phi) is 9.87. The molecule has 24 heavy (non-hydrogen) atoms. The highest BCUT2D eigenvalue weighted by atomic mass is 15.2. The summed E-state index contributed by atoms with van der Waals surface area (Å²) in [6.45, 7) is 0. The lowest BCUT2D eigenvalue weighted by molar-refractivity contribution is 1.35. The Morgan fingerprint density at radius 1 is 0.375 bits per heavy atom. The molecule has 0 aromatic heterocycles. The molecule has 9 N–H and O–H groups in total. The lowest BCUT2D eigenvalue weighted by atomic mass is 10.3. The van der Waals surface area contributed by atoms with Gasteiger partial charge in [-0.15, -0.1) is 0 Å². The Labute approximate surface area is 142 Å². The second kappa shape index (κ2) is 12.5. The van der Waals surface area contributed by atoms with E-state index in [0.29, 0.717) is 0 Å². The van der Waals surface area contributed by atoms with Crippen LogP contribution in [0, 0.1) is 0 Å². The Hall–Kier alpha value is -3.06. The van der Waals surface area contributed by atoms with Gasteiger partial charge in [0.2, 0.25) is 0 Å². The number of anilines is 3. The van der Waals surface area contributed by atoms with Crippen LogP contribution in [0.1, 0.15) is 0 Å². The van der Waals surface area contributed by atoms with Crippen LogP contribution in [0.25, 0.3) is 0 Å². The van der Waals surface area contributed by atoms with Gasteiger partial charge in [-0.3, -0.25) is 17.5 Å². The summed E-state index contributed by atoms with van der Waals surface area (Å²) in [7, 11) is 0. The molecule has 126 valence electrons. The van der Waals surface area contributed by atoms with E-state index in [0.717, 1.165) is 17.1 Å². The summed E-state index contributed by atoms with van der Waals surface area (Å²) in [5.41, 5.74) is 10.4. The van der Waals surface area contributed by atoms with Crippen molar-refractivity contribution >= 4 is 17.1 Å². The van der Waals surface area contributed by atoms with Gasteiger partial charge >= 0.3 is 0 Å². The van der Waals surface area contributed by atoms with E-state index in [1.807, 2.05) is 91.0 Å². The van der Waals surface area contributed by atoms with Crippen LogP contribution in [-0.4, -0.2) is 0 Å². The summed E-state index contributed by atoms with van der Waals surface area (Å²) in [5.74, 6) is 15.3. The average Bonchev–Trinajstić information content (AvgIpc) is 2.71. The Bertz CT molecular complexity index is 538. The number of nitrogen functional groups attached to an aromatic ring is 3. The topological polar surface area (TPSA) is 114 Å². The molecule has 0 saturated heterocycles. The van der Waals surface area contributed by atoms with Crippen molar-refractivity contribution in [3.63, 3.8) is 0 Å². The van der Waals surface area contributed by atoms with E-state index in [9.17, 15) is 0 Å². The van der Waals surface area contributed by atoms with Crippen LogP contribution in [-0.2, 0) is 0 Å². The lowest BCUT2D eigenvalue weighted by Gasteiger charge is -1.94. The molecule has 0 amide bonds. The average molecular weight is 324 g/mol. The first-order chi connectivity index (χ1) is 11.8. The van der Waals surface area contributed by atoms with Crippen LogP contribution >= 0.6 is 0 Å². The molecule has 0 bridgehead atoms. The van der Waals surface area contributed by atoms with E-state index < -0.39 is 0 Å². The highest BCUT2D eigenvalue weighted by molar-refractivity contribution is 5.41. The number of hydrogen-bond acceptors (Lipinski definition) is 6. The maximum atomic E-state index is 5.10. The van der Waals surface area contributed by atoms with E-state index in [-0.39, 0.29) is 0 Å². The van der Waals surface area contributed by atoms with Gasteiger partial charge < -0.3 is 16.3 Å². The summed E-state index contributed by atoms with van der Waals surface area (Å²) >= 11 is 0. The smallest absolute Gasteiger partial charge is 0.0485 e. The maximum Gasteiger partial charge on any atom is 0.0485 e. The third kappa shape index (κ3) is 8.40. The molecule has 0 heterocycles. The summed E-state index contributed by atoms with van der Waals surface area (Å²) in [5, 5.41) is 0. The van der Waals surface area contributed by atoms with Crippen LogP contribution in [0.3, 0.4) is 0 Å². The minimum atomic E-state index is 0.938. The van der Waals surface area contributed by atoms with Gasteiger partial charge in [-0.05, 0) is 36.4 Å². The Balaban J connectivity index is 0.000000180. The summed E-state index contributed by atoms with van der Waals surface area (Å²) in [6.07, 6.45) is 0. The van der Waals surface area contributed by atoms with Crippen molar-refractivity contribution in [3.8, 4) is 0 Å². The zero-order valence-electron chi connectivity index (χ0n) is 13.4. The normalized spacial score (nSPS) is 8.62.